The molecule has 0 aliphatic heterocycles. The van der Waals surface area contributed by atoms with Gasteiger partial charge in [0.1, 0.15) is 23.3 Å². The number of hydrogen-bond acceptors (Lipinski definition) is 2. The second-order valence-electron chi connectivity index (χ2n) is 5.09. The number of nitrogens with one attached hydrogen (secondary N) is 1. The molecule has 0 saturated heterocycles. The van der Waals surface area contributed by atoms with Gasteiger partial charge in [0.2, 0.25) is 5.43 Å². The molecule has 1 N–H and O–H groups in total. The number of nitrogens with zero attached hydrogens (tertiary/aromatic N) is 1. The van der Waals surface area contributed by atoms with Gasteiger partial charge in [-0.2, -0.15) is 5.26 Å². The first-order chi connectivity index (χ1) is 11.4. The lowest BCUT2D eigenvalue weighted by Crippen LogP contribution is -2.11. The molecule has 0 aliphatic rings. The van der Waals surface area contributed by atoms with Crippen molar-refractivity contribution in [2.75, 3.05) is 0 Å². The first kappa shape index (κ1) is 15.7. The molecule has 0 spiro atoms. The van der Waals surface area contributed by atoms with Gasteiger partial charge in [0.05, 0.1) is 10.9 Å². The lowest BCUT2D eigenvalue weighted by atomic mass is 9.99. The van der Waals surface area contributed by atoms with E-state index in [1.54, 1.807) is 6.07 Å². The van der Waals surface area contributed by atoms with E-state index in [0.29, 0.717) is 6.07 Å². The Morgan fingerprint density at radius 1 is 1.04 bits per heavy atom. The maximum atomic E-state index is 14.2. The average molecular weight is 332 g/mol. The van der Waals surface area contributed by atoms with Crippen LogP contribution in [0.3, 0.4) is 0 Å². The number of rotatable bonds is 2. The fourth-order valence-electron chi connectivity index (χ4n) is 2.50. The van der Waals surface area contributed by atoms with E-state index >= 15 is 0 Å². The van der Waals surface area contributed by atoms with Crippen molar-refractivity contribution >= 4 is 10.9 Å². The zero-order chi connectivity index (χ0) is 17.4. The summed E-state index contributed by atoms with van der Waals surface area (Å²) in [4.78, 5) is 14.6. The predicted molar refractivity (Wildman–Crippen MR) is 78.4 cm³/mol. The van der Waals surface area contributed by atoms with Gasteiger partial charge in [0, 0.05) is 23.7 Å². The number of benzene rings is 2. The molecule has 0 amide bonds. The van der Waals surface area contributed by atoms with Crippen LogP contribution in [-0.2, 0) is 6.42 Å². The van der Waals surface area contributed by atoms with Gasteiger partial charge in [-0.1, -0.05) is 6.07 Å². The maximum absolute atomic E-state index is 14.2. The van der Waals surface area contributed by atoms with Crippen LogP contribution in [0.2, 0.25) is 0 Å². The lowest BCUT2D eigenvalue weighted by Gasteiger charge is -2.10. The van der Waals surface area contributed by atoms with E-state index in [-0.39, 0.29) is 16.5 Å². The van der Waals surface area contributed by atoms with Crippen molar-refractivity contribution in [2.24, 2.45) is 0 Å². The first-order valence-corrected chi connectivity index (χ1v) is 6.79. The highest BCUT2D eigenvalue weighted by Crippen LogP contribution is 2.26. The molecule has 24 heavy (non-hydrogen) atoms. The van der Waals surface area contributed by atoms with Gasteiger partial charge < -0.3 is 4.98 Å². The minimum absolute atomic E-state index is 0.111. The molecule has 0 saturated carbocycles. The van der Waals surface area contributed by atoms with E-state index in [4.69, 9.17) is 5.26 Å². The molecular formula is C17H8F4N2O. The Kier molecular flexibility index (Phi) is 3.81. The van der Waals surface area contributed by atoms with Crippen molar-refractivity contribution in [2.45, 2.75) is 6.42 Å². The van der Waals surface area contributed by atoms with Gasteiger partial charge in [-0.15, -0.1) is 0 Å². The minimum Gasteiger partial charge on any atom is -0.359 e. The summed E-state index contributed by atoms with van der Waals surface area (Å²) >= 11 is 0. The second kappa shape index (κ2) is 5.81. The zero-order valence-corrected chi connectivity index (χ0v) is 12.0. The van der Waals surface area contributed by atoms with Crippen LogP contribution < -0.4 is 5.43 Å². The third kappa shape index (κ3) is 2.42. The molecule has 1 heterocycles. The number of pyridine rings is 1. The maximum Gasteiger partial charge on any atom is 0.207 e. The minimum atomic E-state index is -1.34. The quantitative estimate of drug-likeness (QED) is 0.730. The highest BCUT2D eigenvalue weighted by Gasteiger charge is 2.20. The zero-order valence-electron chi connectivity index (χ0n) is 12.0. The predicted octanol–water partition coefficient (Wildman–Crippen LogP) is 3.55. The Morgan fingerprint density at radius 3 is 2.33 bits per heavy atom. The number of aromatic nitrogens is 1. The molecule has 1 aromatic heterocycles. The Bertz CT molecular complexity index is 1050. The summed E-state index contributed by atoms with van der Waals surface area (Å²) in [5.41, 5.74) is -2.03. The van der Waals surface area contributed by atoms with Crippen LogP contribution >= 0.6 is 0 Å². The summed E-state index contributed by atoms with van der Waals surface area (Å²) in [5, 5.41) is 8.58. The van der Waals surface area contributed by atoms with Gasteiger partial charge in [0.15, 0.2) is 11.6 Å². The van der Waals surface area contributed by atoms with Crippen LogP contribution in [0.4, 0.5) is 17.6 Å². The number of H-pyrrole nitrogens is 1. The monoisotopic (exact) mass is 332 g/mol. The van der Waals surface area contributed by atoms with Gasteiger partial charge in [-0.25, -0.2) is 17.6 Å². The van der Waals surface area contributed by atoms with E-state index in [1.165, 1.54) is 0 Å². The Balaban J connectivity index is 2.32. The highest BCUT2D eigenvalue weighted by atomic mass is 19.2. The third-order valence-electron chi connectivity index (χ3n) is 3.70. The van der Waals surface area contributed by atoms with Crippen LogP contribution in [0.1, 0.15) is 16.7 Å². The number of fused-ring (bicyclic) bond motifs is 1. The molecule has 0 atom stereocenters. The number of hydrogen-bond donors (Lipinski definition) is 1. The highest BCUT2D eigenvalue weighted by molar-refractivity contribution is 5.83. The van der Waals surface area contributed by atoms with Crippen molar-refractivity contribution in [3.05, 3.63) is 80.6 Å². The standard InChI is InChI=1S/C17H8F4N2O/c18-12-2-1-3-13(19)9(12)4-10-15(21)14(20)5-11-16(10)23-7-8(6-22)17(11)24/h1-3,5,7H,4H2,(H,23,24). The van der Waals surface area contributed by atoms with Crippen LogP contribution in [0.5, 0.6) is 0 Å². The average Bonchev–Trinajstić information content (AvgIpc) is 2.55. The molecule has 3 nitrogen and oxygen atoms in total. The molecule has 7 heteroatoms. The van der Waals surface area contributed by atoms with Crippen LogP contribution in [0.15, 0.2) is 35.3 Å². The molecule has 120 valence electrons. The molecule has 2 aromatic carbocycles. The fourth-order valence-corrected chi connectivity index (χ4v) is 2.50. The number of aromatic amines is 1. The van der Waals surface area contributed by atoms with Gasteiger partial charge >= 0.3 is 0 Å². The van der Waals surface area contributed by atoms with E-state index < -0.39 is 46.2 Å². The van der Waals surface area contributed by atoms with Crippen molar-refractivity contribution in [3.8, 4) is 6.07 Å². The molecule has 0 aliphatic carbocycles. The summed E-state index contributed by atoms with van der Waals surface area (Å²) in [6.45, 7) is 0. The fraction of sp³-hybridized carbons (Fsp3) is 0.0588. The third-order valence-corrected chi connectivity index (χ3v) is 3.70. The number of nitriles is 1. The van der Waals surface area contributed by atoms with Crippen molar-refractivity contribution in [1.82, 2.24) is 4.98 Å². The SMILES string of the molecule is N#Cc1c[nH]c2c(Cc3c(F)cccc3F)c(F)c(F)cc2c1=O. The topological polar surface area (TPSA) is 56.6 Å². The second-order valence-corrected chi connectivity index (χ2v) is 5.09. The van der Waals surface area contributed by atoms with E-state index in [1.807, 2.05) is 0 Å². The first-order valence-electron chi connectivity index (χ1n) is 6.79. The Hall–Kier alpha value is -3.14. The summed E-state index contributed by atoms with van der Waals surface area (Å²) < 4.78 is 55.6. The largest absolute Gasteiger partial charge is 0.359 e. The van der Waals surface area contributed by atoms with E-state index in [0.717, 1.165) is 24.4 Å². The number of halogens is 4. The molecule has 0 fully saturated rings. The van der Waals surface area contributed by atoms with E-state index in [9.17, 15) is 22.4 Å². The van der Waals surface area contributed by atoms with Gasteiger partial charge in [-0.3, -0.25) is 4.79 Å². The molecule has 0 radical (unpaired) electrons. The van der Waals surface area contributed by atoms with Crippen LogP contribution in [-0.4, -0.2) is 4.98 Å². The summed E-state index contributed by atoms with van der Waals surface area (Å²) in [7, 11) is 0. The van der Waals surface area contributed by atoms with Gasteiger partial charge in [0.25, 0.3) is 0 Å². The summed E-state index contributed by atoms with van der Waals surface area (Å²) in [6, 6.07) is 5.42. The van der Waals surface area contributed by atoms with Gasteiger partial charge in [-0.05, 0) is 18.2 Å². The van der Waals surface area contributed by atoms with Crippen molar-refractivity contribution < 1.29 is 17.6 Å². The van der Waals surface area contributed by atoms with Crippen LogP contribution in [0, 0.1) is 34.6 Å². The van der Waals surface area contributed by atoms with E-state index in [2.05, 4.69) is 4.98 Å². The molecule has 3 aromatic rings. The normalized spacial score (nSPS) is 10.8. The molecule has 0 bridgehead atoms. The Morgan fingerprint density at radius 2 is 1.71 bits per heavy atom. The lowest BCUT2D eigenvalue weighted by molar-refractivity contribution is 0.500. The molecular weight excluding hydrogens is 324 g/mol. The molecule has 0 unspecified atom stereocenters. The van der Waals surface area contributed by atoms with Crippen molar-refractivity contribution in [1.29, 1.82) is 5.26 Å². The summed E-state index contributed by atoms with van der Waals surface area (Å²) in [6.07, 6.45) is 0.448. The smallest absolute Gasteiger partial charge is 0.207 e. The van der Waals surface area contributed by atoms with Crippen LogP contribution in [0.25, 0.3) is 10.9 Å². The summed E-state index contributed by atoms with van der Waals surface area (Å²) in [5.74, 6) is -4.48. The molecule has 3 rings (SSSR count). The Labute approximate surface area is 132 Å². The van der Waals surface area contributed by atoms with Crippen molar-refractivity contribution in [3.63, 3.8) is 0 Å².